The van der Waals surface area contributed by atoms with Gasteiger partial charge in [0.2, 0.25) is 10.0 Å². The number of carbonyl (C=O) groups excluding carboxylic acids is 1. The Bertz CT molecular complexity index is 975. The van der Waals surface area contributed by atoms with Gasteiger partial charge in [0, 0.05) is 25.2 Å². The van der Waals surface area contributed by atoms with Crippen molar-refractivity contribution in [3.05, 3.63) is 52.5 Å². The number of carbonyl (C=O) groups is 1. The Morgan fingerprint density at radius 2 is 1.76 bits per heavy atom. The van der Waals surface area contributed by atoms with Gasteiger partial charge in [0.15, 0.2) is 0 Å². The minimum atomic E-state index is -3.70. The zero-order chi connectivity index (χ0) is 21.6. The van der Waals surface area contributed by atoms with Gasteiger partial charge < -0.3 is 14.8 Å². The van der Waals surface area contributed by atoms with Crippen LogP contribution < -0.4 is 14.8 Å². The molecule has 1 amide bonds. The molecule has 0 aliphatic heterocycles. The van der Waals surface area contributed by atoms with E-state index in [2.05, 4.69) is 5.32 Å². The van der Waals surface area contributed by atoms with Crippen molar-refractivity contribution in [2.24, 2.45) is 0 Å². The summed E-state index contributed by atoms with van der Waals surface area (Å²) in [5.74, 6) is 0.729. The molecular weight excluding hydrogens is 416 g/mol. The maximum atomic E-state index is 12.7. The zero-order valence-corrected chi connectivity index (χ0v) is 18.4. The number of amides is 1. The normalized spacial score (nSPS) is 11.4. The molecule has 9 heteroatoms. The molecule has 0 fully saturated rings. The lowest BCUT2D eigenvalue weighted by Gasteiger charge is -2.19. The number of nitrogens with zero attached hydrogens (tertiary/aromatic N) is 1. The summed E-state index contributed by atoms with van der Waals surface area (Å²) in [6, 6.07) is 9.36. The van der Waals surface area contributed by atoms with E-state index < -0.39 is 15.9 Å². The number of rotatable bonds is 9. The smallest absolute Gasteiger partial charge is 0.253 e. The van der Waals surface area contributed by atoms with Gasteiger partial charge in [-0.2, -0.15) is 4.31 Å². The third kappa shape index (κ3) is 5.20. The molecule has 0 bridgehead atoms. The van der Waals surface area contributed by atoms with E-state index in [-0.39, 0.29) is 22.0 Å². The van der Waals surface area contributed by atoms with E-state index in [9.17, 15) is 13.2 Å². The molecule has 158 valence electrons. The summed E-state index contributed by atoms with van der Waals surface area (Å²) in [7, 11) is -0.622. The highest BCUT2D eigenvalue weighted by Gasteiger charge is 2.24. The van der Waals surface area contributed by atoms with Crippen LogP contribution in [-0.4, -0.2) is 45.9 Å². The van der Waals surface area contributed by atoms with E-state index in [1.165, 1.54) is 29.6 Å². The fourth-order valence-electron chi connectivity index (χ4n) is 2.84. The maximum Gasteiger partial charge on any atom is 0.253 e. The number of benzene rings is 2. The number of methoxy groups -OCH3 is 2. The summed E-state index contributed by atoms with van der Waals surface area (Å²) in [6.07, 6.45) is 0. The van der Waals surface area contributed by atoms with Crippen LogP contribution in [0.1, 0.15) is 29.8 Å². The lowest BCUT2D eigenvalue weighted by atomic mass is 10.1. The van der Waals surface area contributed by atoms with Crippen LogP contribution in [0.3, 0.4) is 0 Å². The molecule has 0 atom stereocenters. The van der Waals surface area contributed by atoms with Crippen molar-refractivity contribution in [3.63, 3.8) is 0 Å². The van der Waals surface area contributed by atoms with Gasteiger partial charge >= 0.3 is 0 Å². The van der Waals surface area contributed by atoms with E-state index in [1.807, 2.05) is 0 Å². The molecular formula is C20H25ClN2O5S. The van der Waals surface area contributed by atoms with Crippen LogP contribution in [-0.2, 0) is 16.6 Å². The SMILES string of the molecule is CCN(CC)S(=O)(=O)c1ccc(Cl)c(C(=O)NCc2cc(OC)ccc2OC)c1. The first kappa shape index (κ1) is 23.0. The number of ether oxygens (including phenoxy) is 2. The van der Waals surface area contributed by atoms with Crippen molar-refractivity contribution >= 4 is 27.5 Å². The predicted octanol–water partition coefficient (Wildman–Crippen LogP) is 3.32. The van der Waals surface area contributed by atoms with Gasteiger partial charge in [-0.25, -0.2) is 8.42 Å². The van der Waals surface area contributed by atoms with Crippen molar-refractivity contribution < 1.29 is 22.7 Å². The standard InChI is InChI=1S/C20H25ClN2O5S/c1-5-23(6-2)29(25,26)16-8-9-18(21)17(12-16)20(24)22-13-14-11-15(27-3)7-10-19(14)28-4/h7-12H,5-6,13H2,1-4H3,(H,22,24). The molecule has 0 spiro atoms. The van der Waals surface area contributed by atoms with Gasteiger partial charge in [-0.3, -0.25) is 4.79 Å². The minimum Gasteiger partial charge on any atom is -0.497 e. The van der Waals surface area contributed by atoms with Gasteiger partial charge in [0.1, 0.15) is 11.5 Å². The molecule has 0 heterocycles. The Morgan fingerprint density at radius 1 is 1.07 bits per heavy atom. The zero-order valence-electron chi connectivity index (χ0n) is 16.9. The molecule has 0 aromatic heterocycles. The Labute approximate surface area is 176 Å². The number of nitrogens with one attached hydrogen (secondary N) is 1. The van der Waals surface area contributed by atoms with Gasteiger partial charge in [0.25, 0.3) is 5.91 Å². The molecule has 0 radical (unpaired) electrons. The third-order valence-electron chi connectivity index (χ3n) is 4.45. The Morgan fingerprint density at radius 3 is 2.34 bits per heavy atom. The van der Waals surface area contributed by atoms with Crippen molar-refractivity contribution in [2.45, 2.75) is 25.3 Å². The summed E-state index contributed by atoms with van der Waals surface area (Å²) in [6.45, 7) is 4.33. The summed E-state index contributed by atoms with van der Waals surface area (Å²) in [5, 5.41) is 2.92. The molecule has 0 unspecified atom stereocenters. The van der Waals surface area contributed by atoms with Gasteiger partial charge in [-0.05, 0) is 36.4 Å². The molecule has 0 aliphatic carbocycles. The lowest BCUT2D eigenvalue weighted by Crippen LogP contribution is -2.31. The monoisotopic (exact) mass is 440 g/mol. The molecule has 0 aliphatic rings. The van der Waals surface area contributed by atoms with Gasteiger partial charge in [-0.15, -0.1) is 0 Å². The number of halogens is 1. The van der Waals surface area contributed by atoms with Crippen LogP contribution in [0.25, 0.3) is 0 Å². The Kier molecular flexibility index (Phi) is 7.89. The molecule has 7 nitrogen and oxygen atoms in total. The minimum absolute atomic E-state index is 0.0229. The topological polar surface area (TPSA) is 84.9 Å². The highest BCUT2D eigenvalue weighted by atomic mass is 35.5. The van der Waals surface area contributed by atoms with Crippen molar-refractivity contribution in [2.75, 3.05) is 27.3 Å². The molecule has 1 N–H and O–H groups in total. The summed E-state index contributed by atoms with van der Waals surface area (Å²) < 4.78 is 37.3. The predicted molar refractivity (Wildman–Crippen MR) is 112 cm³/mol. The van der Waals surface area contributed by atoms with Crippen LogP contribution >= 0.6 is 11.6 Å². The number of hydrogen-bond donors (Lipinski definition) is 1. The molecule has 2 aromatic carbocycles. The average Bonchev–Trinajstić information content (AvgIpc) is 2.72. The molecule has 29 heavy (non-hydrogen) atoms. The highest BCUT2D eigenvalue weighted by Crippen LogP contribution is 2.25. The number of sulfonamides is 1. The molecule has 0 saturated carbocycles. The van der Waals surface area contributed by atoms with Gasteiger partial charge in [0.05, 0.1) is 29.7 Å². The fraction of sp³-hybridized carbons (Fsp3) is 0.350. The van der Waals surface area contributed by atoms with Crippen LogP contribution in [0.2, 0.25) is 5.02 Å². The van der Waals surface area contributed by atoms with Crippen molar-refractivity contribution in [1.29, 1.82) is 0 Å². The van der Waals surface area contributed by atoms with Crippen molar-refractivity contribution in [1.82, 2.24) is 9.62 Å². The van der Waals surface area contributed by atoms with Crippen molar-refractivity contribution in [3.8, 4) is 11.5 Å². The van der Waals surface area contributed by atoms with E-state index in [0.29, 0.717) is 30.2 Å². The highest BCUT2D eigenvalue weighted by molar-refractivity contribution is 7.89. The van der Waals surface area contributed by atoms with Gasteiger partial charge in [-0.1, -0.05) is 25.4 Å². The average molecular weight is 441 g/mol. The molecule has 0 saturated heterocycles. The maximum absolute atomic E-state index is 12.7. The summed E-state index contributed by atoms with van der Waals surface area (Å²) >= 11 is 6.16. The third-order valence-corrected chi connectivity index (χ3v) is 6.83. The van der Waals surface area contributed by atoms with Crippen LogP contribution in [0.15, 0.2) is 41.3 Å². The van der Waals surface area contributed by atoms with E-state index in [4.69, 9.17) is 21.1 Å². The van der Waals surface area contributed by atoms with E-state index in [1.54, 1.807) is 39.2 Å². The molecule has 2 aromatic rings. The van der Waals surface area contributed by atoms with Crippen LogP contribution in [0.5, 0.6) is 11.5 Å². The quantitative estimate of drug-likeness (QED) is 0.646. The summed E-state index contributed by atoms with van der Waals surface area (Å²) in [5.41, 5.74) is 0.796. The molecule has 2 rings (SSSR count). The van der Waals surface area contributed by atoms with E-state index in [0.717, 1.165) is 0 Å². The summed E-state index contributed by atoms with van der Waals surface area (Å²) in [4.78, 5) is 12.7. The first-order valence-electron chi connectivity index (χ1n) is 9.07. The Hall–Kier alpha value is -2.29. The first-order chi connectivity index (χ1) is 13.8. The van der Waals surface area contributed by atoms with Crippen LogP contribution in [0, 0.1) is 0 Å². The fourth-order valence-corrected chi connectivity index (χ4v) is 4.53. The second-order valence-corrected chi connectivity index (χ2v) is 8.44. The lowest BCUT2D eigenvalue weighted by molar-refractivity contribution is 0.0950. The second kappa shape index (κ2) is 9.96. The largest absolute Gasteiger partial charge is 0.497 e. The van der Waals surface area contributed by atoms with Crippen LogP contribution in [0.4, 0.5) is 0 Å². The first-order valence-corrected chi connectivity index (χ1v) is 10.9. The van der Waals surface area contributed by atoms with E-state index >= 15 is 0 Å². The number of hydrogen-bond acceptors (Lipinski definition) is 5. The Balaban J connectivity index is 2.28. The second-order valence-electron chi connectivity index (χ2n) is 6.09.